The van der Waals surface area contributed by atoms with Crippen LogP contribution in [0.5, 0.6) is 0 Å². The quantitative estimate of drug-likeness (QED) is 0.860. The molecule has 6 heteroatoms. The van der Waals surface area contributed by atoms with Crippen LogP contribution in [-0.2, 0) is 20.8 Å². The van der Waals surface area contributed by atoms with Crippen LogP contribution in [-0.4, -0.2) is 29.4 Å². The van der Waals surface area contributed by atoms with Gasteiger partial charge in [0.2, 0.25) is 11.8 Å². The molecular weight excluding hydrogens is 320 g/mol. The zero-order valence-corrected chi connectivity index (χ0v) is 14.8. The van der Waals surface area contributed by atoms with Gasteiger partial charge in [0.25, 0.3) is 0 Å². The fraction of sp³-hybridized carbons (Fsp3) is 0.526. The number of nitrogens with zero attached hydrogens (tertiary/aromatic N) is 1. The standard InChI is InChI=1S/C19H24N2O4/c1-4-9-21-13-7-6-12(10-11(13)5-8-14(21)22)20-17(23)15-16(18(24)25)19(15,2)3/h6-7,10,15-16H,4-5,8-9H2,1-3H3,(H,20,23)(H,24,25)/t15-,16+/m0/s1. The molecule has 0 saturated heterocycles. The SMILES string of the molecule is CCCN1C(=O)CCc2cc(NC(=O)[C@@H]3[C@H](C(=O)O)C3(C)C)ccc21. The zero-order valence-electron chi connectivity index (χ0n) is 14.8. The minimum atomic E-state index is -0.927. The number of fused-ring (bicyclic) bond motifs is 1. The summed E-state index contributed by atoms with van der Waals surface area (Å²) in [5, 5.41) is 12.1. The van der Waals surface area contributed by atoms with E-state index in [0.717, 1.165) is 17.7 Å². The van der Waals surface area contributed by atoms with Gasteiger partial charge >= 0.3 is 5.97 Å². The Balaban J connectivity index is 1.76. The summed E-state index contributed by atoms with van der Waals surface area (Å²) in [4.78, 5) is 37.6. The van der Waals surface area contributed by atoms with E-state index in [1.807, 2.05) is 19.1 Å². The van der Waals surface area contributed by atoms with E-state index < -0.39 is 23.2 Å². The maximum absolute atomic E-state index is 12.5. The van der Waals surface area contributed by atoms with E-state index >= 15 is 0 Å². The number of aliphatic carboxylic acids is 1. The minimum Gasteiger partial charge on any atom is -0.481 e. The van der Waals surface area contributed by atoms with E-state index in [1.54, 1.807) is 24.8 Å². The van der Waals surface area contributed by atoms with Crippen LogP contribution < -0.4 is 10.2 Å². The summed E-state index contributed by atoms with van der Waals surface area (Å²) in [5.41, 5.74) is 2.08. The molecule has 1 aliphatic heterocycles. The molecule has 6 nitrogen and oxygen atoms in total. The van der Waals surface area contributed by atoms with Crippen LogP contribution in [0, 0.1) is 17.3 Å². The highest BCUT2D eigenvalue weighted by Crippen LogP contribution is 2.58. The van der Waals surface area contributed by atoms with Gasteiger partial charge in [-0.15, -0.1) is 0 Å². The van der Waals surface area contributed by atoms with Crippen molar-refractivity contribution in [1.29, 1.82) is 0 Å². The Bertz CT molecular complexity index is 741. The Labute approximate surface area is 147 Å². The smallest absolute Gasteiger partial charge is 0.307 e. The molecule has 2 amide bonds. The summed E-state index contributed by atoms with van der Waals surface area (Å²) in [7, 11) is 0. The first-order valence-corrected chi connectivity index (χ1v) is 8.74. The number of carboxylic acids is 1. The van der Waals surface area contributed by atoms with Crippen LogP contribution in [0.1, 0.15) is 39.2 Å². The molecule has 3 rings (SSSR count). The van der Waals surface area contributed by atoms with Gasteiger partial charge in [-0.1, -0.05) is 20.8 Å². The molecular formula is C19H24N2O4. The summed E-state index contributed by atoms with van der Waals surface area (Å²) in [6.07, 6.45) is 2.02. The first-order chi connectivity index (χ1) is 11.8. The molecule has 134 valence electrons. The van der Waals surface area contributed by atoms with Crippen molar-refractivity contribution in [2.75, 3.05) is 16.8 Å². The van der Waals surface area contributed by atoms with Crippen LogP contribution in [0.4, 0.5) is 11.4 Å². The average molecular weight is 344 g/mol. The number of anilines is 2. The topological polar surface area (TPSA) is 86.7 Å². The molecule has 0 spiro atoms. The Morgan fingerprint density at radius 3 is 2.60 bits per heavy atom. The van der Waals surface area contributed by atoms with Gasteiger partial charge in [0.05, 0.1) is 11.8 Å². The van der Waals surface area contributed by atoms with Crippen molar-refractivity contribution in [3.8, 4) is 0 Å². The molecule has 0 unspecified atom stereocenters. The molecule has 0 bridgehead atoms. The van der Waals surface area contributed by atoms with Crippen LogP contribution in [0.3, 0.4) is 0 Å². The molecule has 1 saturated carbocycles. The Kier molecular flexibility index (Phi) is 4.31. The molecule has 0 aromatic heterocycles. The molecule has 2 aliphatic rings. The highest BCUT2D eigenvalue weighted by atomic mass is 16.4. The van der Waals surface area contributed by atoms with Gasteiger partial charge in [0.15, 0.2) is 0 Å². The number of hydrogen-bond acceptors (Lipinski definition) is 3. The Morgan fingerprint density at radius 1 is 1.28 bits per heavy atom. The summed E-state index contributed by atoms with van der Waals surface area (Å²) in [6, 6.07) is 5.54. The fourth-order valence-corrected chi connectivity index (χ4v) is 3.91. The lowest BCUT2D eigenvalue weighted by Crippen LogP contribution is -2.35. The summed E-state index contributed by atoms with van der Waals surface area (Å²) < 4.78 is 0. The van der Waals surface area contributed by atoms with Crippen molar-refractivity contribution >= 4 is 29.2 Å². The number of carboxylic acid groups (broad SMARTS) is 1. The van der Waals surface area contributed by atoms with Crippen molar-refractivity contribution in [1.82, 2.24) is 0 Å². The fourth-order valence-electron chi connectivity index (χ4n) is 3.91. The lowest BCUT2D eigenvalue weighted by molar-refractivity contribution is -0.140. The van der Waals surface area contributed by atoms with Crippen LogP contribution in [0.15, 0.2) is 18.2 Å². The lowest BCUT2D eigenvalue weighted by atomic mass is 10.00. The number of carbonyl (C=O) groups is 3. The second kappa shape index (κ2) is 6.17. The molecule has 2 atom stereocenters. The molecule has 0 radical (unpaired) electrons. The van der Waals surface area contributed by atoms with Gasteiger partial charge in [-0.2, -0.15) is 0 Å². The number of rotatable bonds is 5. The molecule has 1 aliphatic carbocycles. The van der Waals surface area contributed by atoms with Gasteiger partial charge in [0.1, 0.15) is 0 Å². The molecule has 25 heavy (non-hydrogen) atoms. The second-order valence-electron chi connectivity index (χ2n) is 7.49. The predicted molar refractivity (Wildman–Crippen MR) is 94.4 cm³/mol. The number of benzene rings is 1. The van der Waals surface area contributed by atoms with Gasteiger partial charge in [0, 0.05) is 24.3 Å². The van der Waals surface area contributed by atoms with Crippen molar-refractivity contribution in [2.24, 2.45) is 17.3 Å². The maximum atomic E-state index is 12.5. The van der Waals surface area contributed by atoms with Gasteiger partial charge < -0.3 is 15.3 Å². The van der Waals surface area contributed by atoms with Gasteiger partial charge in [-0.25, -0.2) is 0 Å². The highest BCUT2D eigenvalue weighted by molar-refractivity contribution is 6.01. The van der Waals surface area contributed by atoms with Crippen LogP contribution in [0.25, 0.3) is 0 Å². The van der Waals surface area contributed by atoms with Crippen molar-refractivity contribution < 1.29 is 19.5 Å². The third kappa shape index (κ3) is 3.01. The van der Waals surface area contributed by atoms with E-state index in [9.17, 15) is 19.5 Å². The van der Waals surface area contributed by atoms with Crippen molar-refractivity contribution in [3.05, 3.63) is 23.8 Å². The maximum Gasteiger partial charge on any atom is 0.307 e. The first kappa shape index (κ1) is 17.5. The van der Waals surface area contributed by atoms with E-state index in [4.69, 9.17) is 0 Å². The van der Waals surface area contributed by atoms with E-state index in [2.05, 4.69) is 5.32 Å². The predicted octanol–water partition coefficient (Wildman–Crippen LogP) is 2.67. The molecule has 1 heterocycles. The third-order valence-electron chi connectivity index (χ3n) is 5.37. The van der Waals surface area contributed by atoms with Crippen molar-refractivity contribution in [2.45, 2.75) is 40.0 Å². The van der Waals surface area contributed by atoms with Gasteiger partial charge in [-0.05, 0) is 42.0 Å². The number of aryl methyl sites for hydroxylation is 1. The molecule has 1 aromatic rings. The highest BCUT2D eigenvalue weighted by Gasteiger charge is 2.65. The van der Waals surface area contributed by atoms with Gasteiger partial charge in [-0.3, -0.25) is 14.4 Å². The normalized spacial score (nSPS) is 23.8. The monoisotopic (exact) mass is 344 g/mol. The van der Waals surface area contributed by atoms with E-state index in [1.165, 1.54) is 0 Å². The Morgan fingerprint density at radius 2 is 2.00 bits per heavy atom. The Hall–Kier alpha value is -2.37. The van der Waals surface area contributed by atoms with Crippen molar-refractivity contribution in [3.63, 3.8) is 0 Å². The summed E-state index contributed by atoms with van der Waals surface area (Å²) in [6.45, 7) is 6.33. The first-order valence-electron chi connectivity index (χ1n) is 8.74. The number of amides is 2. The van der Waals surface area contributed by atoms with Crippen LogP contribution >= 0.6 is 0 Å². The third-order valence-corrected chi connectivity index (χ3v) is 5.37. The van der Waals surface area contributed by atoms with E-state index in [-0.39, 0.29) is 11.8 Å². The molecule has 1 fully saturated rings. The number of hydrogen-bond donors (Lipinski definition) is 2. The average Bonchev–Trinajstić information content (AvgIpc) is 3.13. The molecule has 1 aromatic carbocycles. The number of nitrogens with one attached hydrogen (secondary N) is 1. The second-order valence-corrected chi connectivity index (χ2v) is 7.49. The summed E-state index contributed by atoms with van der Waals surface area (Å²) >= 11 is 0. The van der Waals surface area contributed by atoms with Crippen LogP contribution in [0.2, 0.25) is 0 Å². The minimum absolute atomic E-state index is 0.134. The zero-order chi connectivity index (χ0) is 18.4. The van der Waals surface area contributed by atoms with E-state index in [0.29, 0.717) is 25.1 Å². The lowest BCUT2D eigenvalue weighted by Gasteiger charge is -2.29. The largest absolute Gasteiger partial charge is 0.481 e. The molecule has 2 N–H and O–H groups in total. The number of carbonyl (C=O) groups excluding carboxylic acids is 2. The summed E-state index contributed by atoms with van der Waals surface area (Å²) in [5.74, 6) is -2.20.